The van der Waals surface area contributed by atoms with Gasteiger partial charge in [-0.3, -0.25) is 9.00 Å². The predicted molar refractivity (Wildman–Crippen MR) is 54.8 cm³/mol. The maximum atomic E-state index is 11.5. The van der Waals surface area contributed by atoms with Gasteiger partial charge < -0.3 is 10.6 Å². The average Bonchev–Trinajstić information content (AvgIpc) is 2.11. The summed E-state index contributed by atoms with van der Waals surface area (Å²) in [6, 6.07) is 0. The molecule has 0 radical (unpaired) electrons. The first-order chi connectivity index (χ1) is 6.00. The molecule has 5 heteroatoms. The van der Waals surface area contributed by atoms with E-state index in [0.29, 0.717) is 18.7 Å². The van der Waals surface area contributed by atoms with Crippen LogP contribution >= 0.6 is 0 Å². The lowest BCUT2D eigenvalue weighted by Gasteiger charge is -2.15. The van der Waals surface area contributed by atoms with Crippen LogP contribution in [-0.4, -0.2) is 46.7 Å². The third kappa shape index (κ3) is 4.38. The van der Waals surface area contributed by atoms with Crippen molar-refractivity contribution in [1.82, 2.24) is 4.90 Å². The Labute approximate surface area is 81.9 Å². The van der Waals surface area contributed by atoms with Gasteiger partial charge in [-0.2, -0.15) is 0 Å². The largest absolute Gasteiger partial charge is 0.348 e. The Kier molecular flexibility index (Phi) is 5.90. The van der Waals surface area contributed by atoms with E-state index >= 15 is 0 Å². The van der Waals surface area contributed by atoms with E-state index in [1.807, 2.05) is 0 Å². The van der Waals surface area contributed by atoms with Gasteiger partial charge in [0, 0.05) is 30.6 Å². The average molecular weight is 206 g/mol. The minimum absolute atomic E-state index is 0.0876. The monoisotopic (exact) mass is 206 g/mol. The van der Waals surface area contributed by atoms with Crippen LogP contribution in [0.3, 0.4) is 0 Å². The quantitative estimate of drug-likeness (QED) is 0.663. The molecule has 0 saturated carbocycles. The standard InChI is InChI=1S/C8H18N2O2S/c1-7(8(11)10(2)3)13(12)6-4-5-9/h7H,4-6,9H2,1-3H3. The van der Waals surface area contributed by atoms with E-state index < -0.39 is 16.0 Å². The second kappa shape index (κ2) is 6.10. The molecule has 0 aromatic carbocycles. The Hall–Kier alpha value is -0.420. The van der Waals surface area contributed by atoms with Crippen LogP contribution in [0.4, 0.5) is 0 Å². The fraction of sp³-hybridized carbons (Fsp3) is 0.875. The molecule has 78 valence electrons. The normalized spacial score (nSPS) is 15.1. The summed E-state index contributed by atoms with van der Waals surface area (Å²) >= 11 is 0. The molecular formula is C8H18N2O2S. The van der Waals surface area contributed by atoms with Crippen molar-refractivity contribution in [2.75, 3.05) is 26.4 Å². The first-order valence-electron chi connectivity index (χ1n) is 4.29. The summed E-state index contributed by atoms with van der Waals surface area (Å²) in [5, 5.41) is -0.415. The minimum atomic E-state index is -1.09. The number of amides is 1. The maximum Gasteiger partial charge on any atom is 0.237 e. The molecule has 2 N–H and O–H groups in total. The third-order valence-electron chi connectivity index (χ3n) is 1.73. The van der Waals surface area contributed by atoms with Gasteiger partial charge in [-0.25, -0.2) is 0 Å². The highest BCUT2D eigenvalue weighted by molar-refractivity contribution is 7.86. The number of nitrogens with zero attached hydrogens (tertiary/aromatic N) is 1. The Bertz CT molecular complexity index is 195. The molecule has 0 spiro atoms. The van der Waals surface area contributed by atoms with Crippen LogP contribution in [0.5, 0.6) is 0 Å². The van der Waals surface area contributed by atoms with E-state index in [1.165, 1.54) is 4.90 Å². The molecule has 1 amide bonds. The number of hydrogen-bond acceptors (Lipinski definition) is 3. The zero-order valence-corrected chi connectivity index (χ0v) is 9.26. The van der Waals surface area contributed by atoms with E-state index in [0.717, 1.165) is 0 Å². The molecule has 0 aromatic rings. The highest BCUT2D eigenvalue weighted by atomic mass is 32.2. The fourth-order valence-corrected chi connectivity index (χ4v) is 2.12. The van der Waals surface area contributed by atoms with Crippen molar-refractivity contribution in [3.05, 3.63) is 0 Å². The van der Waals surface area contributed by atoms with E-state index in [9.17, 15) is 9.00 Å². The van der Waals surface area contributed by atoms with Gasteiger partial charge in [0.15, 0.2) is 0 Å². The van der Waals surface area contributed by atoms with Gasteiger partial charge in [-0.05, 0) is 19.9 Å². The number of carbonyl (C=O) groups is 1. The summed E-state index contributed by atoms with van der Waals surface area (Å²) < 4.78 is 11.5. The zero-order chi connectivity index (χ0) is 10.4. The molecule has 0 aliphatic carbocycles. The van der Waals surface area contributed by atoms with Gasteiger partial charge in [0.05, 0.1) is 0 Å². The molecule has 0 aliphatic rings. The number of rotatable bonds is 5. The Morgan fingerprint density at radius 1 is 1.54 bits per heavy atom. The van der Waals surface area contributed by atoms with E-state index in [1.54, 1.807) is 21.0 Å². The van der Waals surface area contributed by atoms with Crippen LogP contribution in [0.25, 0.3) is 0 Å². The summed E-state index contributed by atoms with van der Waals surface area (Å²) in [5.74, 6) is 0.424. The van der Waals surface area contributed by atoms with Crippen LogP contribution in [0.15, 0.2) is 0 Å². The Morgan fingerprint density at radius 2 is 2.08 bits per heavy atom. The van der Waals surface area contributed by atoms with Crippen LogP contribution in [-0.2, 0) is 15.6 Å². The van der Waals surface area contributed by atoms with Crippen LogP contribution < -0.4 is 5.73 Å². The van der Waals surface area contributed by atoms with Crippen molar-refractivity contribution in [2.24, 2.45) is 5.73 Å². The Balaban J connectivity index is 4.02. The van der Waals surface area contributed by atoms with Crippen LogP contribution in [0, 0.1) is 0 Å². The Morgan fingerprint density at radius 3 is 2.46 bits per heavy atom. The predicted octanol–water partition coefficient (Wildman–Crippen LogP) is -0.439. The topological polar surface area (TPSA) is 63.4 Å². The summed E-state index contributed by atoms with van der Waals surface area (Å²) in [4.78, 5) is 12.8. The molecule has 0 saturated heterocycles. The molecule has 0 aliphatic heterocycles. The third-order valence-corrected chi connectivity index (χ3v) is 3.41. The lowest BCUT2D eigenvalue weighted by molar-refractivity contribution is -0.127. The molecular weight excluding hydrogens is 188 g/mol. The molecule has 13 heavy (non-hydrogen) atoms. The SMILES string of the molecule is CC(C(=O)N(C)C)S(=O)CCCN. The molecule has 0 bridgehead atoms. The zero-order valence-electron chi connectivity index (χ0n) is 8.45. The van der Waals surface area contributed by atoms with E-state index in [-0.39, 0.29) is 5.91 Å². The molecule has 2 unspecified atom stereocenters. The van der Waals surface area contributed by atoms with Gasteiger partial charge in [0.2, 0.25) is 5.91 Å². The molecule has 4 nitrogen and oxygen atoms in total. The van der Waals surface area contributed by atoms with Crippen molar-refractivity contribution in [3.63, 3.8) is 0 Å². The minimum Gasteiger partial charge on any atom is -0.348 e. The first kappa shape index (κ1) is 12.6. The summed E-state index contributed by atoms with van der Waals surface area (Å²) in [7, 11) is 2.24. The van der Waals surface area contributed by atoms with Crippen LogP contribution in [0.1, 0.15) is 13.3 Å². The number of nitrogens with two attached hydrogens (primary N) is 1. The van der Waals surface area contributed by atoms with Gasteiger partial charge in [0.1, 0.15) is 5.25 Å². The van der Waals surface area contributed by atoms with Gasteiger partial charge in [-0.15, -0.1) is 0 Å². The lowest BCUT2D eigenvalue weighted by Crippen LogP contribution is -2.35. The van der Waals surface area contributed by atoms with Gasteiger partial charge in [0.25, 0.3) is 0 Å². The smallest absolute Gasteiger partial charge is 0.237 e. The lowest BCUT2D eigenvalue weighted by atomic mass is 10.4. The number of hydrogen-bond donors (Lipinski definition) is 1. The second-order valence-electron chi connectivity index (χ2n) is 3.10. The van der Waals surface area contributed by atoms with E-state index in [4.69, 9.17) is 5.73 Å². The summed E-state index contributed by atoms with van der Waals surface area (Å²) in [6.45, 7) is 2.21. The summed E-state index contributed by atoms with van der Waals surface area (Å²) in [6.07, 6.45) is 0.706. The van der Waals surface area contributed by atoms with Crippen molar-refractivity contribution in [2.45, 2.75) is 18.6 Å². The van der Waals surface area contributed by atoms with Crippen molar-refractivity contribution in [3.8, 4) is 0 Å². The molecule has 2 atom stereocenters. The van der Waals surface area contributed by atoms with Crippen molar-refractivity contribution >= 4 is 16.7 Å². The molecule has 0 fully saturated rings. The summed E-state index contributed by atoms with van der Waals surface area (Å²) in [5.41, 5.74) is 5.28. The van der Waals surface area contributed by atoms with Gasteiger partial charge in [-0.1, -0.05) is 0 Å². The van der Waals surface area contributed by atoms with Crippen LogP contribution in [0.2, 0.25) is 0 Å². The highest BCUT2D eigenvalue weighted by Crippen LogP contribution is 2.00. The second-order valence-corrected chi connectivity index (χ2v) is 4.98. The number of carbonyl (C=O) groups excluding carboxylic acids is 1. The molecule has 0 heterocycles. The van der Waals surface area contributed by atoms with Crippen molar-refractivity contribution in [1.29, 1.82) is 0 Å². The molecule has 0 rings (SSSR count). The molecule has 0 aromatic heterocycles. The van der Waals surface area contributed by atoms with Crippen molar-refractivity contribution < 1.29 is 9.00 Å². The van der Waals surface area contributed by atoms with E-state index in [2.05, 4.69) is 0 Å². The maximum absolute atomic E-state index is 11.5. The first-order valence-corrected chi connectivity index (χ1v) is 5.67. The fourth-order valence-electron chi connectivity index (χ4n) is 0.878. The highest BCUT2D eigenvalue weighted by Gasteiger charge is 2.20. The van der Waals surface area contributed by atoms with Gasteiger partial charge >= 0.3 is 0 Å².